The van der Waals surface area contributed by atoms with E-state index in [0.29, 0.717) is 34.5 Å². The summed E-state index contributed by atoms with van der Waals surface area (Å²) in [6.07, 6.45) is 1.42. The van der Waals surface area contributed by atoms with Crippen LogP contribution in [0.25, 0.3) is 17.4 Å². The molecule has 0 bridgehead atoms. The van der Waals surface area contributed by atoms with Crippen LogP contribution in [-0.4, -0.2) is 39.6 Å². The molecule has 2 aromatic carbocycles. The number of hydrogen-bond acceptors (Lipinski definition) is 6. The Hall–Kier alpha value is -3.82. The fourth-order valence-electron chi connectivity index (χ4n) is 3.17. The molecule has 1 aromatic heterocycles. The number of furan rings is 1. The van der Waals surface area contributed by atoms with Crippen LogP contribution in [0.3, 0.4) is 0 Å². The van der Waals surface area contributed by atoms with Gasteiger partial charge in [-0.1, -0.05) is 35.4 Å². The SMILES string of the molecule is Cc1ccc(NC(=O)CN2C(=O)S/C(=C\c3ccc(-c4ccc(C(=O)O)c(Cl)c4)o3)C2=O)cc1. The van der Waals surface area contributed by atoms with Gasteiger partial charge < -0.3 is 14.8 Å². The number of aromatic carboxylic acids is 1. The number of carboxylic acids is 1. The molecule has 1 fully saturated rings. The molecule has 0 unspecified atom stereocenters. The Balaban J connectivity index is 1.45. The summed E-state index contributed by atoms with van der Waals surface area (Å²) in [6.45, 7) is 1.51. The summed E-state index contributed by atoms with van der Waals surface area (Å²) in [5.74, 6) is -1.51. The van der Waals surface area contributed by atoms with Crippen molar-refractivity contribution >= 4 is 58.1 Å². The summed E-state index contributed by atoms with van der Waals surface area (Å²) < 4.78 is 5.72. The minimum Gasteiger partial charge on any atom is -0.478 e. The van der Waals surface area contributed by atoms with E-state index in [4.69, 9.17) is 21.1 Å². The highest BCUT2D eigenvalue weighted by atomic mass is 35.5. The van der Waals surface area contributed by atoms with Gasteiger partial charge in [-0.15, -0.1) is 0 Å². The number of benzene rings is 2. The summed E-state index contributed by atoms with van der Waals surface area (Å²) in [4.78, 5) is 49.4. The minimum atomic E-state index is -1.14. The lowest BCUT2D eigenvalue weighted by Gasteiger charge is -2.12. The molecule has 3 amide bonds. The Kier molecular flexibility index (Phi) is 6.58. The molecule has 3 aromatic rings. The monoisotopic (exact) mass is 496 g/mol. The number of anilines is 1. The quantitative estimate of drug-likeness (QED) is 0.446. The average molecular weight is 497 g/mol. The molecule has 10 heteroatoms. The molecule has 0 saturated carbocycles. The summed E-state index contributed by atoms with van der Waals surface area (Å²) in [5, 5.41) is 11.3. The maximum atomic E-state index is 12.7. The van der Waals surface area contributed by atoms with Crippen molar-refractivity contribution < 1.29 is 28.7 Å². The number of carbonyl (C=O) groups is 4. The maximum absolute atomic E-state index is 12.7. The lowest BCUT2D eigenvalue weighted by molar-refractivity contribution is -0.127. The van der Waals surface area contributed by atoms with Gasteiger partial charge in [0.25, 0.3) is 11.1 Å². The largest absolute Gasteiger partial charge is 0.478 e. The average Bonchev–Trinajstić information content (AvgIpc) is 3.35. The van der Waals surface area contributed by atoms with Crippen LogP contribution in [0.15, 0.2) is 63.9 Å². The molecule has 2 N–H and O–H groups in total. The Bertz CT molecular complexity index is 1350. The second kappa shape index (κ2) is 9.58. The smallest absolute Gasteiger partial charge is 0.337 e. The Morgan fingerprint density at radius 1 is 1.12 bits per heavy atom. The molecular formula is C24H17ClN2O6S. The third-order valence-electron chi connectivity index (χ3n) is 4.89. The van der Waals surface area contributed by atoms with E-state index in [0.717, 1.165) is 10.5 Å². The highest BCUT2D eigenvalue weighted by Crippen LogP contribution is 2.34. The van der Waals surface area contributed by atoms with Crippen LogP contribution in [0.1, 0.15) is 21.7 Å². The van der Waals surface area contributed by atoms with Crippen molar-refractivity contribution in [3.05, 3.63) is 81.4 Å². The zero-order chi connectivity index (χ0) is 24.4. The van der Waals surface area contributed by atoms with Crippen molar-refractivity contribution in [2.75, 3.05) is 11.9 Å². The van der Waals surface area contributed by atoms with Crippen LogP contribution in [0, 0.1) is 6.92 Å². The molecule has 0 spiro atoms. The van der Waals surface area contributed by atoms with E-state index < -0.39 is 29.6 Å². The molecule has 0 radical (unpaired) electrons. The van der Waals surface area contributed by atoms with Gasteiger partial charge in [-0.25, -0.2) is 4.79 Å². The first-order chi connectivity index (χ1) is 16.2. The number of nitrogens with one attached hydrogen (secondary N) is 1. The standard InChI is InChI=1S/C24H17ClN2O6S/c1-13-2-5-15(6-3-13)26-21(28)12-27-22(29)20(34-24(27)32)11-16-7-9-19(33-16)14-4-8-17(23(30)31)18(25)10-14/h2-11H,12H2,1H3,(H,26,28)(H,30,31)/b20-11-. The van der Waals surface area contributed by atoms with E-state index in [1.807, 2.05) is 19.1 Å². The molecule has 4 rings (SSSR count). The van der Waals surface area contributed by atoms with E-state index in [-0.39, 0.29) is 15.5 Å². The fourth-order valence-corrected chi connectivity index (χ4v) is 4.25. The molecule has 2 heterocycles. The summed E-state index contributed by atoms with van der Waals surface area (Å²) in [7, 11) is 0. The van der Waals surface area contributed by atoms with Crippen molar-refractivity contribution in [1.82, 2.24) is 4.90 Å². The first-order valence-corrected chi connectivity index (χ1v) is 11.2. The summed E-state index contributed by atoms with van der Waals surface area (Å²) in [5.41, 5.74) is 2.13. The Labute approximate surface area is 203 Å². The third kappa shape index (κ3) is 5.05. The van der Waals surface area contributed by atoms with Gasteiger partial charge in [0.1, 0.15) is 18.1 Å². The predicted molar refractivity (Wildman–Crippen MR) is 129 cm³/mol. The molecule has 8 nitrogen and oxygen atoms in total. The topological polar surface area (TPSA) is 117 Å². The van der Waals surface area contributed by atoms with Crippen LogP contribution in [-0.2, 0) is 9.59 Å². The number of hydrogen-bond donors (Lipinski definition) is 2. The molecule has 34 heavy (non-hydrogen) atoms. The van der Waals surface area contributed by atoms with Crippen molar-refractivity contribution in [1.29, 1.82) is 0 Å². The van der Waals surface area contributed by atoms with Gasteiger partial charge in [0, 0.05) is 17.3 Å². The summed E-state index contributed by atoms with van der Waals surface area (Å²) >= 11 is 6.72. The highest BCUT2D eigenvalue weighted by molar-refractivity contribution is 8.18. The minimum absolute atomic E-state index is 0.0303. The van der Waals surface area contributed by atoms with Crippen LogP contribution in [0.4, 0.5) is 10.5 Å². The van der Waals surface area contributed by atoms with Gasteiger partial charge in [0.2, 0.25) is 5.91 Å². The van der Waals surface area contributed by atoms with Gasteiger partial charge >= 0.3 is 5.97 Å². The zero-order valence-corrected chi connectivity index (χ0v) is 19.3. The van der Waals surface area contributed by atoms with Crippen LogP contribution in [0.5, 0.6) is 0 Å². The highest BCUT2D eigenvalue weighted by Gasteiger charge is 2.36. The second-order valence-corrected chi connectivity index (χ2v) is 8.78. The van der Waals surface area contributed by atoms with Gasteiger partial charge in [-0.3, -0.25) is 19.3 Å². The fraction of sp³-hybridized carbons (Fsp3) is 0.0833. The number of halogens is 1. The number of thioether (sulfide) groups is 1. The lowest BCUT2D eigenvalue weighted by atomic mass is 10.1. The number of nitrogens with zero attached hydrogens (tertiary/aromatic N) is 1. The number of carbonyl (C=O) groups excluding carboxylic acids is 3. The van der Waals surface area contributed by atoms with Crippen molar-refractivity contribution in [3.63, 3.8) is 0 Å². The van der Waals surface area contributed by atoms with Crippen molar-refractivity contribution in [2.45, 2.75) is 6.92 Å². The van der Waals surface area contributed by atoms with Crippen molar-refractivity contribution in [3.8, 4) is 11.3 Å². The molecular weight excluding hydrogens is 480 g/mol. The normalized spacial score (nSPS) is 14.6. The van der Waals surface area contributed by atoms with E-state index in [2.05, 4.69) is 5.32 Å². The maximum Gasteiger partial charge on any atom is 0.337 e. The molecule has 0 aliphatic carbocycles. The number of rotatable bonds is 6. The molecule has 1 saturated heterocycles. The van der Waals surface area contributed by atoms with Gasteiger partial charge in [-0.2, -0.15) is 0 Å². The number of amides is 3. The van der Waals surface area contributed by atoms with Crippen molar-refractivity contribution in [2.24, 2.45) is 0 Å². The van der Waals surface area contributed by atoms with E-state index in [1.54, 1.807) is 30.3 Å². The third-order valence-corrected chi connectivity index (χ3v) is 6.11. The Morgan fingerprint density at radius 3 is 2.53 bits per heavy atom. The first kappa shape index (κ1) is 23.3. The number of imide groups is 1. The molecule has 172 valence electrons. The molecule has 1 aliphatic rings. The molecule has 1 aliphatic heterocycles. The second-order valence-electron chi connectivity index (χ2n) is 7.38. The number of aryl methyl sites for hydroxylation is 1. The van der Waals surface area contributed by atoms with Crippen LogP contribution in [0.2, 0.25) is 5.02 Å². The molecule has 0 atom stereocenters. The van der Waals surface area contributed by atoms with Gasteiger partial charge in [0.15, 0.2) is 0 Å². The van der Waals surface area contributed by atoms with Gasteiger partial charge in [-0.05, 0) is 55.1 Å². The Morgan fingerprint density at radius 2 is 1.85 bits per heavy atom. The van der Waals surface area contributed by atoms with E-state index in [1.165, 1.54) is 18.2 Å². The van der Waals surface area contributed by atoms with Crippen LogP contribution >= 0.6 is 23.4 Å². The van der Waals surface area contributed by atoms with E-state index >= 15 is 0 Å². The summed E-state index contributed by atoms with van der Waals surface area (Å²) in [6, 6.07) is 14.8. The van der Waals surface area contributed by atoms with Gasteiger partial charge in [0.05, 0.1) is 15.5 Å². The van der Waals surface area contributed by atoms with Crippen LogP contribution < -0.4 is 5.32 Å². The predicted octanol–water partition coefficient (Wildman–Crippen LogP) is 5.28. The first-order valence-electron chi connectivity index (χ1n) is 9.96. The number of carboxylic acid groups (broad SMARTS) is 1. The lowest BCUT2D eigenvalue weighted by Crippen LogP contribution is -2.36. The van der Waals surface area contributed by atoms with E-state index in [9.17, 15) is 19.2 Å². The zero-order valence-electron chi connectivity index (χ0n) is 17.7.